The minimum atomic E-state index is -4.11. The third-order valence-corrected chi connectivity index (χ3v) is 4.18. The van der Waals surface area contributed by atoms with Crippen LogP contribution >= 0.6 is 0 Å². The fraction of sp³-hybridized carbons (Fsp3) is 0.778. The maximum atomic E-state index is 11.6. The maximum absolute atomic E-state index is 11.6. The second-order valence-electron chi connectivity index (χ2n) is 4.22. The number of carboxylic acids is 1. The van der Waals surface area contributed by atoms with Crippen molar-refractivity contribution in [3.63, 3.8) is 0 Å². The van der Waals surface area contributed by atoms with Crippen molar-refractivity contribution in [1.29, 1.82) is 0 Å². The van der Waals surface area contributed by atoms with Crippen LogP contribution in [-0.4, -0.2) is 41.2 Å². The molecule has 0 bridgehead atoms. The van der Waals surface area contributed by atoms with Crippen LogP contribution in [-0.2, 0) is 19.7 Å². The number of carboxylic acid groups (broad SMARTS) is 1. The Bertz CT molecular complexity index is 417. The topological polar surface area (TPSA) is 121 Å². The van der Waals surface area contributed by atoms with Gasteiger partial charge >= 0.3 is 5.97 Å². The van der Waals surface area contributed by atoms with Gasteiger partial charge in [-0.1, -0.05) is 0 Å². The summed E-state index contributed by atoms with van der Waals surface area (Å²) in [4.78, 5) is 22.1. The third kappa shape index (κ3) is 3.67. The normalized spacial score (nSPS) is 26.5. The number of carbonyl (C=O) groups excluding carboxylic acids is 1. The Balaban J connectivity index is 2.55. The Morgan fingerprint density at radius 2 is 1.94 bits per heavy atom. The van der Waals surface area contributed by atoms with E-state index in [1.165, 1.54) is 6.92 Å². The third-order valence-electron chi connectivity index (χ3n) is 2.91. The molecule has 1 amide bonds. The first kappa shape index (κ1) is 13.9. The standard InChI is InChI=1S/C9H15NO6S/c1-5(9(12)13)10-8(11)6-2-3-7(4-6)17(14,15)16/h5-7H,2-4H2,1H3,(H,10,11)(H,12,13)(H,14,15,16)/t5-,6-,7-/m0/s1. The molecule has 7 nitrogen and oxygen atoms in total. The van der Waals surface area contributed by atoms with Crippen molar-refractivity contribution >= 4 is 22.0 Å². The van der Waals surface area contributed by atoms with Gasteiger partial charge in [0.25, 0.3) is 10.1 Å². The van der Waals surface area contributed by atoms with Crippen LogP contribution in [0.2, 0.25) is 0 Å². The summed E-state index contributed by atoms with van der Waals surface area (Å²) in [5.74, 6) is -2.18. The van der Waals surface area contributed by atoms with Gasteiger partial charge < -0.3 is 10.4 Å². The summed E-state index contributed by atoms with van der Waals surface area (Å²) in [5.41, 5.74) is 0. The van der Waals surface area contributed by atoms with Crippen LogP contribution in [0.15, 0.2) is 0 Å². The van der Waals surface area contributed by atoms with E-state index in [2.05, 4.69) is 5.32 Å². The molecule has 1 fully saturated rings. The summed E-state index contributed by atoms with van der Waals surface area (Å²) in [5, 5.41) is 9.96. The van der Waals surface area contributed by atoms with E-state index in [9.17, 15) is 18.0 Å². The fourth-order valence-corrected chi connectivity index (χ4v) is 2.75. The zero-order valence-corrected chi connectivity index (χ0v) is 10.1. The van der Waals surface area contributed by atoms with Crippen LogP contribution in [0.1, 0.15) is 26.2 Å². The molecular formula is C9H15NO6S. The Morgan fingerprint density at radius 3 is 2.35 bits per heavy atom. The molecule has 3 atom stereocenters. The van der Waals surface area contributed by atoms with Crippen molar-refractivity contribution in [1.82, 2.24) is 5.32 Å². The van der Waals surface area contributed by atoms with E-state index >= 15 is 0 Å². The zero-order chi connectivity index (χ0) is 13.2. The van der Waals surface area contributed by atoms with Crippen LogP contribution in [0.4, 0.5) is 0 Å². The molecular weight excluding hydrogens is 250 g/mol. The maximum Gasteiger partial charge on any atom is 0.325 e. The van der Waals surface area contributed by atoms with Gasteiger partial charge in [0.15, 0.2) is 0 Å². The molecule has 1 saturated carbocycles. The summed E-state index contributed by atoms with van der Waals surface area (Å²) in [7, 11) is -4.11. The van der Waals surface area contributed by atoms with Gasteiger partial charge in [0.05, 0.1) is 5.25 Å². The van der Waals surface area contributed by atoms with Crippen molar-refractivity contribution in [2.24, 2.45) is 5.92 Å². The minimum absolute atomic E-state index is 0.0387. The molecule has 8 heteroatoms. The number of hydrogen-bond donors (Lipinski definition) is 3. The SMILES string of the molecule is C[C@H](NC(=O)[C@H]1CC[C@H](S(=O)(=O)O)C1)C(=O)O. The molecule has 0 spiro atoms. The number of nitrogens with one attached hydrogen (secondary N) is 1. The van der Waals surface area contributed by atoms with Crippen LogP contribution < -0.4 is 5.32 Å². The van der Waals surface area contributed by atoms with E-state index in [1.54, 1.807) is 0 Å². The van der Waals surface area contributed by atoms with Crippen molar-refractivity contribution in [3.05, 3.63) is 0 Å². The van der Waals surface area contributed by atoms with Crippen LogP contribution in [0.25, 0.3) is 0 Å². The molecule has 1 aliphatic carbocycles. The molecule has 98 valence electrons. The second-order valence-corrected chi connectivity index (χ2v) is 5.91. The lowest BCUT2D eigenvalue weighted by Crippen LogP contribution is -2.41. The van der Waals surface area contributed by atoms with E-state index in [0.29, 0.717) is 6.42 Å². The molecule has 0 aromatic heterocycles. The van der Waals surface area contributed by atoms with E-state index in [1.807, 2.05) is 0 Å². The quantitative estimate of drug-likeness (QED) is 0.596. The van der Waals surface area contributed by atoms with Gasteiger partial charge in [-0.25, -0.2) is 0 Å². The average Bonchev–Trinajstić information content (AvgIpc) is 2.65. The van der Waals surface area contributed by atoms with Gasteiger partial charge in [0.1, 0.15) is 6.04 Å². The summed E-state index contributed by atoms with van der Waals surface area (Å²) >= 11 is 0. The number of aliphatic carboxylic acids is 1. The van der Waals surface area contributed by atoms with Gasteiger partial charge in [0, 0.05) is 5.92 Å². The lowest BCUT2D eigenvalue weighted by atomic mass is 10.1. The average molecular weight is 265 g/mol. The first-order valence-corrected chi connectivity index (χ1v) is 6.71. The second kappa shape index (κ2) is 5.01. The van der Waals surface area contributed by atoms with Gasteiger partial charge in [-0.2, -0.15) is 8.42 Å². The monoisotopic (exact) mass is 265 g/mol. The van der Waals surface area contributed by atoms with E-state index in [4.69, 9.17) is 9.66 Å². The van der Waals surface area contributed by atoms with Crippen LogP contribution in [0, 0.1) is 5.92 Å². The van der Waals surface area contributed by atoms with E-state index < -0.39 is 39.2 Å². The van der Waals surface area contributed by atoms with Crippen LogP contribution in [0.3, 0.4) is 0 Å². The van der Waals surface area contributed by atoms with Crippen molar-refractivity contribution in [2.75, 3.05) is 0 Å². The molecule has 0 aromatic carbocycles. The summed E-state index contributed by atoms with van der Waals surface area (Å²) in [6.07, 6.45) is 0.595. The molecule has 3 N–H and O–H groups in total. The molecule has 1 aliphatic rings. The summed E-state index contributed by atoms with van der Waals surface area (Å²) in [6, 6.07) is -1.01. The molecule has 0 aliphatic heterocycles. The zero-order valence-electron chi connectivity index (χ0n) is 9.29. The fourth-order valence-electron chi connectivity index (χ4n) is 1.84. The highest BCUT2D eigenvalue weighted by Gasteiger charge is 2.37. The molecule has 0 unspecified atom stereocenters. The predicted molar refractivity (Wildman–Crippen MR) is 57.9 cm³/mol. The van der Waals surface area contributed by atoms with Gasteiger partial charge in [-0.15, -0.1) is 0 Å². The number of rotatable bonds is 4. The summed E-state index contributed by atoms with van der Waals surface area (Å²) < 4.78 is 30.6. The van der Waals surface area contributed by atoms with Gasteiger partial charge in [0.2, 0.25) is 5.91 Å². The molecule has 0 radical (unpaired) electrons. The van der Waals surface area contributed by atoms with Crippen molar-refractivity contribution < 1.29 is 27.7 Å². The Morgan fingerprint density at radius 1 is 1.35 bits per heavy atom. The summed E-state index contributed by atoms with van der Waals surface area (Å²) in [6.45, 7) is 1.33. The molecule has 0 saturated heterocycles. The van der Waals surface area contributed by atoms with Crippen molar-refractivity contribution in [3.8, 4) is 0 Å². The molecule has 0 heterocycles. The van der Waals surface area contributed by atoms with E-state index in [-0.39, 0.29) is 12.8 Å². The smallest absolute Gasteiger partial charge is 0.325 e. The molecule has 1 rings (SSSR count). The highest BCUT2D eigenvalue weighted by Crippen LogP contribution is 2.30. The lowest BCUT2D eigenvalue weighted by molar-refractivity contribution is -0.141. The Hall–Kier alpha value is -1.15. The largest absolute Gasteiger partial charge is 0.480 e. The van der Waals surface area contributed by atoms with Crippen LogP contribution in [0.5, 0.6) is 0 Å². The lowest BCUT2D eigenvalue weighted by Gasteiger charge is -2.13. The first-order chi connectivity index (χ1) is 7.71. The Labute approximate surface area is 98.9 Å². The van der Waals surface area contributed by atoms with Crippen molar-refractivity contribution in [2.45, 2.75) is 37.5 Å². The minimum Gasteiger partial charge on any atom is -0.480 e. The number of carbonyl (C=O) groups is 2. The number of hydrogen-bond acceptors (Lipinski definition) is 4. The highest BCUT2D eigenvalue weighted by atomic mass is 32.2. The molecule has 0 aromatic rings. The number of amides is 1. The van der Waals surface area contributed by atoms with E-state index in [0.717, 1.165) is 0 Å². The predicted octanol–water partition coefficient (Wildman–Crippen LogP) is -0.368. The van der Waals surface area contributed by atoms with Gasteiger partial charge in [-0.05, 0) is 26.2 Å². The molecule has 17 heavy (non-hydrogen) atoms. The first-order valence-electron chi connectivity index (χ1n) is 5.21. The van der Waals surface area contributed by atoms with Gasteiger partial charge in [-0.3, -0.25) is 14.1 Å². The Kier molecular flexibility index (Phi) is 4.10. The highest BCUT2D eigenvalue weighted by molar-refractivity contribution is 7.86.